The van der Waals surface area contributed by atoms with Crippen molar-refractivity contribution in [1.29, 1.82) is 0 Å². The molecule has 0 aliphatic heterocycles. The van der Waals surface area contributed by atoms with Gasteiger partial charge in [0.15, 0.2) is 5.69 Å². The first-order valence-electron chi connectivity index (χ1n) is 3.76. The van der Waals surface area contributed by atoms with Gasteiger partial charge in [0.25, 0.3) is 0 Å². The molecule has 0 spiro atoms. The second-order valence-electron chi connectivity index (χ2n) is 2.32. The van der Waals surface area contributed by atoms with E-state index in [9.17, 15) is 4.79 Å². The van der Waals surface area contributed by atoms with Crippen LogP contribution < -0.4 is 0 Å². The third-order valence-electron chi connectivity index (χ3n) is 1.31. The molecule has 12 heavy (non-hydrogen) atoms. The standard InChI is InChI=1S/C9H10NO2/c1-3-12-9(11)8-6-7(2)4-5-10-8/h4-5H,3H2,1-2H3. The van der Waals surface area contributed by atoms with Crippen molar-refractivity contribution in [1.82, 2.24) is 4.98 Å². The van der Waals surface area contributed by atoms with Crippen molar-refractivity contribution in [2.45, 2.75) is 13.8 Å². The van der Waals surface area contributed by atoms with Gasteiger partial charge in [-0.1, -0.05) is 0 Å². The van der Waals surface area contributed by atoms with E-state index in [1.807, 2.05) is 6.92 Å². The summed E-state index contributed by atoms with van der Waals surface area (Å²) < 4.78 is 4.75. The molecule has 1 radical (unpaired) electrons. The van der Waals surface area contributed by atoms with Crippen LogP contribution in [0.4, 0.5) is 0 Å². The lowest BCUT2D eigenvalue weighted by atomic mass is 10.2. The van der Waals surface area contributed by atoms with Crippen molar-refractivity contribution < 1.29 is 9.53 Å². The van der Waals surface area contributed by atoms with Crippen molar-refractivity contribution in [2.24, 2.45) is 0 Å². The van der Waals surface area contributed by atoms with Gasteiger partial charge in [-0.05, 0) is 25.5 Å². The molecule has 0 atom stereocenters. The molecule has 3 nitrogen and oxygen atoms in total. The molecule has 1 aromatic heterocycles. The lowest BCUT2D eigenvalue weighted by Crippen LogP contribution is -2.07. The van der Waals surface area contributed by atoms with Gasteiger partial charge in [0, 0.05) is 12.3 Å². The Balaban J connectivity index is 2.81. The smallest absolute Gasteiger partial charge is 0.357 e. The summed E-state index contributed by atoms with van der Waals surface area (Å²) >= 11 is 0. The molecule has 1 rings (SSSR count). The van der Waals surface area contributed by atoms with E-state index in [2.05, 4.69) is 11.1 Å². The molecule has 0 aromatic carbocycles. The number of nitrogens with zero attached hydrogens (tertiary/aromatic N) is 1. The fourth-order valence-electron chi connectivity index (χ4n) is 0.787. The Morgan fingerprint density at radius 1 is 1.75 bits per heavy atom. The molecule has 0 aliphatic rings. The first-order chi connectivity index (χ1) is 5.74. The van der Waals surface area contributed by atoms with Crippen LogP contribution in [0, 0.1) is 13.0 Å². The molecule has 1 heterocycles. The molecular formula is C9H10NO2. The molecule has 0 saturated heterocycles. The third kappa shape index (κ3) is 2.05. The number of ether oxygens (including phenoxy) is 1. The highest BCUT2D eigenvalue weighted by atomic mass is 16.5. The highest BCUT2D eigenvalue weighted by Crippen LogP contribution is 2.00. The van der Waals surface area contributed by atoms with E-state index in [0.717, 1.165) is 5.56 Å². The number of hydrogen-bond donors (Lipinski definition) is 0. The maximum Gasteiger partial charge on any atom is 0.357 e. The summed E-state index contributed by atoms with van der Waals surface area (Å²) in [6.45, 7) is 3.97. The molecule has 3 heteroatoms. The first-order valence-corrected chi connectivity index (χ1v) is 3.76. The van der Waals surface area contributed by atoms with Crippen LogP contribution in [0.25, 0.3) is 0 Å². The van der Waals surface area contributed by atoms with Crippen molar-refractivity contribution in [3.8, 4) is 0 Å². The number of aromatic nitrogens is 1. The Kier molecular flexibility index (Phi) is 2.80. The molecule has 1 aromatic rings. The van der Waals surface area contributed by atoms with Gasteiger partial charge in [-0.3, -0.25) is 0 Å². The minimum Gasteiger partial charge on any atom is -0.461 e. The van der Waals surface area contributed by atoms with Crippen LogP contribution in [0.5, 0.6) is 0 Å². The number of esters is 1. The molecular weight excluding hydrogens is 154 g/mol. The molecule has 0 saturated carbocycles. The summed E-state index contributed by atoms with van der Waals surface area (Å²) in [4.78, 5) is 14.9. The fourth-order valence-corrected chi connectivity index (χ4v) is 0.787. The Bertz CT molecular complexity index is 284. The van der Waals surface area contributed by atoms with Gasteiger partial charge in [0.1, 0.15) is 0 Å². The minimum absolute atomic E-state index is 0.247. The zero-order chi connectivity index (χ0) is 8.97. The van der Waals surface area contributed by atoms with Gasteiger partial charge in [-0.25, -0.2) is 9.78 Å². The van der Waals surface area contributed by atoms with Gasteiger partial charge >= 0.3 is 5.97 Å². The highest BCUT2D eigenvalue weighted by molar-refractivity contribution is 5.86. The van der Waals surface area contributed by atoms with E-state index in [1.54, 1.807) is 19.2 Å². The van der Waals surface area contributed by atoms with Crippen LogP contribution in [-0.4, -0.2) is 17.6 Å². The number of hydrogen-bond acceptors (Lipinski definition) is 3. The van der Waals surface area contributed by atoms with E-state index in [0.29, 0.717) is 6.61 Å². The molecule has 0 bridgehead atoms. The Hall–Kier alpha value is -1.38. The van der Waals surface area contributed by atoms with Crippen LogP contribution >= 0.6 is 0 Å². The quantitative estimate of drug-likeness (QED) is 0.619. The van der Waals surface area contributed by atoms with E-state index in [4.69, 9.17) is 4.74 Å². The monoisotopic (exact) mass is 164 g/mol. The second kappa shape index (κ2) is 3.85. The summed E-state index contributed by atoms with van der Waals surface area (Å²) in [6.07, 6.45) is 1.57. The SMILES string of the molecule is CCOC(=O)c1[c]c(C)ccn1. The van der Waals surface area contributed by atoms with Gasteiger partial charge in [-0.15, -0.1) is 0 Å². The summed E-state index contributed by atoms with van der Waals surface area (Å²) in [5.41, 5.74) is 1.13. The lowest BCUT2D eigenvalue weighted by molar-refractivity contribution is 0.0519. The van der Waals surface area contributed by atoms with Crippen molar-refractivity contribution in [3.05, 3.63) is 29.6 Å². The zero-order valence-corrected chi connectivity index (χ0v) is 7.13. The number of aryl methyl sites for hydroxylation is 1. The van der Waals surface area contributed by atoms with Crippen LogP contribution in [0.1, 0.15) is 23.0 Å². The molecule has 0 fully saturated rings. The average molecular weight is 164 g/mol. The summed E-state index contributed by atoms with van der Waals surface area (Å²) in [6, 6.07) is 4.59. The summed E-state index contributed by atoms with van der Waals surface area (Å²) in [5.74, 6) is -0.416. The Labute approximate surface area is 71.4 Å². The van der Waals surface area contributed by atoms with Crippen LogP contribution in [-0.2, 0) is 4.74 Å². The molecule has 0 aliphatic carbocycles. The minimum atomic E-state index is -0.416. The van der Waals surface area contributed by atoms with Crippen molar-refractivity contribution in [3.63, 3.8) is 0 Å². The van der Waals surface area contributed by atoms with Crippen molar-refractivity contribution >= 4 is 5.97 Å². The summed E-state index contributed by atoms with van der Waals surface area (Å²) in [7, 11) is 0. The van der Waals surface area contributed by atoms with Gasteiger partial charge in [0.05, 0.1) is 6.61 Å². The number of carbonyl (C=O) groups is 1. The highest BCUT2D eigenvalue weighted by Gasteiger charge is 2.06. The van der Waals surface area contributed by atoms with E-state index < -0.39 is 5.97 Å². The topological polar surface area (TPSA) is 39.2 Å². The largest absolute Gasteiger partial charge is 0.461 e. The number of carbonyl (C=O) groups excluding carboxylic acids is 1. The van der Waals surface area contributed by atoms with Crippen LogP contribution in [0.15, 0.2) is 12.3 Å². The maximum atomic E-state index is 11.1. The van der Waals surface area contributed by atoms with Crippen LogP contribution in [0.2, 0.25) is 0 Å². The summed E-state index contributed by atoms with van der Waals surface area (Å²) in [5, 5.41) is 0. The van der Waals surface area contributed by atoms with E-state index in [1.165, 1.54) is 0 Å². The van der Waals surface area contributed by atoms with E-state index >= 15 is 0 Å². The Morgan fingerprint density at radius 3 is 3.08 bits per heavy atom. The van der Waals surface area contributed by atoms with Gasteiger partial charge < -0.3 is 4.74 Å². The lowest BCUT2D eigenvalue weighted by Gasteiger charge is -1.99. The number of rotatable bonds is 2. The normalized spacial score (nSPS) is 9.50. The van der Waals surface area contributed by atoms with Crippen molar-refractivity contribution in [2.75, 3.05) is 6.61 Å². The average Bonchev–Trinajstić information content (AvgIpc) is 2.05. The van der Waals surface area contributed by atoms with E-state index in [-0.39, 0.29) is 5.69 Å². The second-order valence-corrected chi connectivity index (χ2v) is 2.32. The third-order valence-corrected chi connectivity index (χ3v) is 1.31. The molecule has 63 valence electrons. The predicted molar refractivity (Wildman–Crippen MR) is 43.8 cm³/mol. The maximum absolute atomic E-state index is 11.1. The number of pyridine rings is 1. The molecule has 0 amide bonds. The zero-order valence-electron chi connectivity index (χ0n) is 7.13. The first kappa shape index (κ1) is 8.71. The van der Waals surface area contributed by atoms with Gasteiger partial charge in [-0.2, -0.15) is 0 Å². The fraction of sp³-hybridized carbons (Fsp3) is 0.333. The Morgan fingerprint density at radius 2 is 2.50 bits per heavy atom. The molecule has 0 unspecified atom stereocenters. The van der Waals surface area contributed by atoms with Crippen LogP contribution in [0.3, 0.4) is 0 Å². The van der Waals surface area contributed by atoms with Gasteiger partial charge in [0.2, 0.25) is 0 Å². The predicted octanol–water partition coefficient (Wildman–Crippen LogP) is 1.37. The molecule has 0 N–H and O–H groups in total.